The van der Waals surface area contributed by atoms with Crippen molar-refractivity contribution < 1.29 is 0 Å². The van der Waals surface area contributed by atoms with Gasteiger partial charge in [0, 0.05) is 16.4 Å². The average molecular weight is 362 g/mol. The van der Waals surface area contributed by atoms with Crippen LogP contribution in [0.1, 0.15) is 48.6 Å². The third-order valence-corrected chi connectivity index (χ3v) is 5.69. The summed E-state index contributed by atoms with van der Waals surface area (Å²) in [5.74, 6) is 1.27. The topological polar surface area (TPSA) is 71.4 Å². The molecule has 0 N–H and O–H groups in total. The molecule has 0 saturated heterocycles. The second kappa shape index (κ2) is 10.5. The van der Waals surface area contributed by atoms with E-state index in [0.717, 1.165) is 24.2 Å². The Morgan fingerprint density at radius 2 is 1.09 bits per heavy atom. The Kier molecular flexibility index (Phi) is 9.03. The van der Waals surface area contributed by atoms with E-state index in [-0.39, 0.29) is 0 Å². The molecule has 6 heteroatoms. The molecule has 1 rings (SSSR count). The van der Waals surface area contributed by atoms with E-state index < -0.39 is 0 Å². The first kappa shape index (κ1) is 19.8. The summed E-state index contributed by atoms with van der Waals surface area (Å²) in [6.45, 7) is 6.31. The molecule has 0 heterocycles. The molecular weight excluding hydrogens is 342 g/mol. The van der Waals surface area contributed by atoms with Gasteiger partial charge in [-0.15, -0.1) is 0 Å². The van der Waals surface area contributed by atoms with E-state index in [1.165, 1.54) is 63.1 Å². The number of thioether (sulfide) groups is 3. The van der Waals surface area contributed by atoms with Gasteiger partial charge >= 0.3 is 0 Å². The van der Waals surface area contributed by atoms with Crippen LogP contribution < -0.4 is 0 Å². The Morgan fingerprint density at radius 1 is 0.652 bits per heavy atom. The summed E-state index contributed by atoms with van der Waals surface area (Å²) in [5.41, 5.74) is 6.01. The Bertz CT molecular complexity index is 631. The Morgan fingerprint density at radius 3 is 1.39 bits per heavy atom. The maximum absolute atomic E-state index is 9.22. The van der Waals surface area contributed by atoms with Crippen LogP contribution in [0.4, 0.5) is 0 Å². The van der Waals surface area contributed by atoms with Crippen LogP contribution in [0.25, 0.3) is 0 Å². The smallest absolute Gasteiger partial charge is 0.138 e. The summed E-state index contributed by atoms with van der Waals surface area (Å²) in [4.78, 5) is 1.04. The van der Waals surface area contributed by atoms with E-state index in [9.17, 15) is 5.26 Å². The fraction of sp³-hybridized carbons (Fsp3) is 0.471. The maximum Gasteiger partial charge on any atom is 0.138 e. The summed E-state index contributed by atoms with van der Waals surface area (Å²) < 4.78 is 0. The second-order valence-electron chi connectivity index (χ2n) is 4.74. The van der Waals surface area contributed by atoms with Crippen molar-refractivity contribution in [2.45, 2.75) is 56.4 Å². The normalized spacial score (nSPS) is 9.91. The number of nitriles is 3. The molecule has 3 nitrogen and oxygen atoms in total. The molecule has 0 spiro atoms. The molecule has 0 radical (unpaired) electrons. The highest BCUT2D eigenvalue weighted by atomic mass is 32.2. The van der Waals surface area contributed by atoms with Crippen LogP contribution in [-0.4, -0.2) is 0 Å². The lowest BCUT2D eigenvalue weighted by molar-refractivity contribution is 0.925. The van der Waals surface area contributed by atoms with Crippen molar-refractivity contribution in [1.82, 2.24) is 0 Å². The standard InChI is InChI=1S/C17H19N3S3/c1-4-12-15(7-21-9-18)13(5-2)17(23-11-20)14(6-3)16(12)8-22-10-19/h4-8H2,1-3H3. The number of hydrogen-bond donors (Lipinski definition) is 0. The largest absolute Gasteiger partial charge is 0.185 e. The first-order valence-corrected chi connectivity index (χ1v) is 10.2. The Balaban J connectivity index is 3.72. The van der Waals surface area contributed by atoms with Crippen LogP contribution in [0, 0.1) is 32.0 Å². The van der Waals surface area contributed by atoms with Crippen LogP contribution in [0.3, 0.4) is 0 Å². The first-order valence-electron chi connectivity index (χ1n) is 7.45. The number of benzene rings is 1. The average Bonchev–Trinajstić information content (AvgIpc) is 2.57. The van der Waals surface area contributed by atoms with Crippen molar-refractivity contribution in [2.75, 3.05) is 0 Å². The zero-order chi connectivity index (χ0) is 17.2. The van der Waals surface area contributed by atoms with Gasteiger partial charge in [0.1, 0.15) is 16.2 Å². The van der Waals surface area contributed by atoms with Gasteiger partial charge in [-0.2, -0.15) is 15.8 Å². The van der Waals surface area contributed by atoms with Gasteiger partial charge in [-0.25, -0.2) is 0 Å². The van der Waals surface area contributed by atoms with E-state index >= 15 is 0 Å². The van der Waals surface area contributed by atoms with Gasteiger partial charge in [0.25, 0.3) is 0 Å². The highest BCUT2D eigenvalue weighted by Gasteiger charge is 2.21. The van der Waals surface area contributed by atoms with Crippen molar-refractivity contribution in [3.05, 3.63) is 27.8 Å². The minimum absolute atomic E-state index is 0.635. The Labute approximate surface area is 151 Å². The van der Waals surface area contributed by atoms with Crippen molar-refractivity contribution in [1.29, 1.82) is 15.8 Å². The minimum Gasteiger partial charge on any atom is -0.185 e. The quantitative estimate of drug-likeness (QED) is 0.457. The lowest BCUT2D eigenvalue weighted by atomic mass is 9.89. The molecule has 1 aromatic rings. The van der Waals surface area contributed by atoms with Crippen molar-refractivity contribution in [3.63, 3.8) is 0 Å². The lowest BCUT2D eigenvalue weighted by Crippen LogP contribution is -2.09. The van der Waals surface area contributed by atoms with E-state index in [1.54, 1.807) is 0 Å². The molecule has 0 atom stereocenters. The van der Waals surface area contributed by atoms with Gasteiger partial charge in [0.2, 0.25) is 0 Å². The maximum atomic E-state index is 9.22. The fourth-order valence-corrected chi connectivity index (χ4v) is 4.89. The summed E-state index contributed by atoms with van der Waals surface area (Å²) in [6.07, 6.45) is 2.56. The van der Waals surface area contributed by atoms with Crippen LogP contribution >= 0.6 is 35.3 Å². The molecule has 0 saturated carbocycles. The monoisotopic (exact) mass is 361 g/mol. The van der Waals surface area contributed by atoms with Gasteiger partial charge in [-0.1, -0.05) is 20.8 Å². The van der Waals surface area contributed by atoms with Crippen molar-refractivity contribution in [2.24, 2.45) is 0 Å². The lowest BCUT2D eigenvalue weighted by Gasteiger charge is -2.23. The molecular formula is C17H19N3S3. The highest BCUT2D eigenvalue weighted by Crippen LogP contribution is 2.39. The molecule has 23 heavy (non-hydrogen) atoms. The van der Waals surface area contributed by atoms with Crippen molar-refractivity contribution in [3.8, 4) is 16.2 Å². The zero-order valence-electron chi connectivity index (χ0n) is 13.6. The highest BCUT2D eigenvalue weighted by molar-refractivity contribution is 8.04. The van der Waals surface area contributed by atoms with E-state index in [0.29, 0.717) is 11.5 Å². The molecule has 120 valence electrons. The number of hydrogen-bond acceptors (Lipinski definition) is 6. The van der Waals surface area contributed by atoms with Crippen LogP contribution in [0.15, 0.2) is 4.90 Å². The van der Waals surface area contributed by atoms with E-state index in [2.05, 4.69) is 37.0 Å². The SMILES string of the molecule is CCc1c(CSC#N)c(CC)c(SC#N)c(CC)c1CSC#N. The second-order valence-corrected chi connectivity index (χ2v) is 7.05. The van der Waals surface area contributed by atoms with Gasteiger partial charge < -0.3 is 0 Å². The molecule has 0 aromatic heterocycles. The third kappa shape index (κ3) is 4.61. The van der Waals surface area contributed by atoms with Gasteiger partial charge in [0.05, 0.1) is 0 Å². The number of nitrogens with zero attached hydrogens (tertiary/aromatic N) is 3. The van der Waals surface area contributed by atoms with Gasteiger partial charge in [0.15, 0.2) is 0 Å². The van der Waals surface area contributed by atoms with Crippen LogP contribution in [-0.2, 0) is 30.8 Å². The molecule has 0 aliphatic heterocycles. The number of rotatable bonds is 8. The van der Waals surface area contributed by atoms with E-state index in [1.807, 2.05) is 0 Å². The summed E-state index contributed by atoms with van der Waals surface area (Å²) in [7, 11) is 0. The molecule has 1 aromatic carbocycles. The third-order valence-electron chi connectivity index (χ3n) is 3.78. The molecule has 0 amide bonds. The van der Waals surface area contributed by atoms with Crippen LogP contribution in [0.2, 0.25) is 0 Å². The van der Waals surface area contributed by atoms with Crippen molar-refractivity contribution >= 4 is 35.3 Å². The Hall–Kier alpha value is -1.26. The molecule has 0 unspecified atom stereocenters. The predicted octanol–water partition coefficient (Wildman–Crippen LogP) is 5.38. The first-order chi connectivity index (χ1) is 11.2. The molecule has 0 aliphatic rings. The molecule has 0 aliphatic carbocycles. The predicted molar refractivity (Wildman–Crippen MR) is 99.9 cm³/mol. The number of thiocyanates is 3. The zero-order valence-corrected chi connectivity index (χ0v) is 16.1. The van der Waals surface area contributed by atoms with Crippen LogP contribution in [0.5, 0.6) is 0 Å². The molecule has 0 fully saturated rings. The summed E-state index contributed by atoms with van der Waals surface area (Å²) in [6, 6.07) is 0. The van der Waals surface area contributed by atoms with Gasteiger partial charge in [-0.3, -0.25) is 0 Å². The van der Waals surface area contributed by atoms with Gasteiger partial charge in [-0.05, 0) is 82.4 Å². The summed E-state index contributed by atoms with van der Waals surface area (Å²) in [5, 5.41) is 33.6. The summed E-state index contributed by atoms with van der Waals surface area (Å²) >= 11 is 3.68. The molecule has 0 bridgehead atoms. The fourth-order valence-electron chi connectivity index (χ4n) is 2.90. The van der Waals surface area contributed by atoms with E-state index in [4.69, 9.17) is 10.5 Å². The minimum atomic E-state index is 0.635.